The maximum Gasteiger partial charge on any atom is 0.0641 e. The number of nitrogens with zero attached hydrogens (tertiary/aromatic N) is 3. The molecule has 1 N–H and O–H groups in total. The van der Waals surface area contributed by atoms with Gasteiger partial charge in [-0.3, -0.25) is 4.68 Å². The zero-order valence-electron chi connectivity index (χ0n) is 11.9. The molecule has 0 bridgehead atoms. The maximum absolute atomic E-state index is 4.42. The van der Waals surface area contributed by atoms with E-state index >= 15 is 0 Å². The SMILES string of the molecule is Cc1nn(C)c(C)c1CNCCCCN(C)C. The Morgan fingerprint density at radius 2 is 1.94 bits per heavy atom. The lowest BCUT2D eigenvalue weighted by Gasteiger charge is -2.09. The molecule has 0 saturated carbocycles. The van der Waals surface area contributed by atoms with Gasteiger partial charge in [-0.25, -0.2) is 0 Å². The average molecular weight is 238 g/mol. The first-order chi connectivity index (χ1) is 8.02. The summed E-state index contributed by atoms with van der Waals surface area (Å²) >= 11 is 0. The minimum atomic E-state index is 0.938. The van der Waals surface area contributed by atoms with Gasteiger partial charge in [0, 0.05) is 24.8 Å². The molecule has 0 aliphatic carbocycles. The number of rotatable bonds is 7. The molecule has 17 heavy (non-hydrogen) atoms. The van der Waals surface area contributed by atoms with Gasteiger partial charge in [-0.2, -0.15) is 5.10 Å². The predicted molar refractivity (Wildman–Crippen MR) is 72.2 cm³/mol. The molecule has 0 aromatic carbocycles. The van der Waals surface area contributed by atoms with E-state index in [0.717, 1.165) is 18.8 Å². The van der Waals surface area contributed by atoms with E-state index < -0.39 is 0 Å². The molecule has 0 spiro atoms. The highest BCUT2D eigenvalue weighted by Gasteiger charge is 2.07. The quantitative estimate of drug-likeness (QED) is 0.730. The summed E-state index contributed by atoms with van der Waals surface area (Å²) < 4.78 is 1.96. The normalized spacial score (nSPS) is 11.4. The third kappa shape index (κ3) is 4.48. The minimum Gasteiger partial charge on any atom is -0.313 e. The summed E-state index contributed by atoms with van der Waals surface area (Å²) in [5.74, 6) is 0. The summed E-state index contributed by atoms with van der Waals surface area (Å²) in [6, 6.07) is 0. The number of aromatic nitrogens is 2. The molecule has 4 nitrogen and oxygen atoms in total. The first-order valence-electron chi connectivity index (χ1n) is 6.37. The Hall–Kier alpha value is -0.870. The molecule has 98 valence electrons. The molecule has 0 fully saturated rings. The van der Waals surface area contributed by atoms with Crippen LogP contribution >= 0.6 is 0 Å². The van der Waals surface area contributed by atoms with Gasteiger partial charge < -0.3 is 10.2 Å². The van der Waals surface area contributed by atoms with Crippen molar-refractivity contribution in [3.05, 3.63) is 17.0 Å². The number of unbranched alkanes of at least 4 members (excludes halogenated alkanes) is 1. The molecule has 0 saturated heterocycles. The van der Waals surface area contributed by atoms with Gasteiger partial charge in [-0.1, -0.05) is 0 Å². The van der Waals surface area contributed by atoms with Crippen LogP contribution in [0.15, 0.2) is 0 Å². The van der Waals surface area contributed by atoms with Crippen LogP contribution < -0.4 is 5.32 Å². The molecule has 0 radical (unpaired) electrons. The van der Waals surface area contributed by atoms with Crippen molar-refractivity contribution in [2.45, 2.75) is 33.2 Å². The van der Waals surface area contributed by atoms with Crippen molar-refractivity contribution in [2.75, 3.05) is 27.2 Å². The Labute approximate surface area is 105 Å². The second-order valence-corrected chi connectivity index (χ2v) is 4.96. The first kappa shape index (κ1) is 14.2. The van der Waals surface area contributed by atoms with Crippen LogP contribution in [0.5, 0.6) is 0 Å². The molecule has 0 atom stereocenters. The third-order valence-corrected chi connectivity index (χ3v) is 3.17. The molecule has 1 aromatic rings. The number of aryl methyl sites for hydroxylation is 2. The van der Waals surface area contributed by atoms with Crippen LogP contribution in [0.25, 0.3) is 0 Å². The molecular weight excluding hydrogens is 212 g/mol. The van der Waals surface area contributed by atoms with Crippen molar-refractivity contribution in [3.63, 3.8) is 0 Å². The fraction of sp³-hybridized carbons (Fsp3) is 0.769. The lowest BCUT2D eigenvalue weighted by molar-refractivity contribution is 0.391. The number of hydrogen-bond donors (Lipinski definition) is 1. The summed E-state index contributed by atoms with van der Waals surface area (Å²) in [5, 5.41) is 7.92. The Bertz CT molecular complexity index is 341. The molecular formula is C13H26N4. The van der Waals surface area contributed by atoms with Crippen molar-refractivity contribution < 1.29 is 0 Å². The smallest absolute Gasteiger partial charge is 0.0641 e. The fourth-order valence-electron chi connectivity index (χ4n) is 1.96. The Kier molecular flexibility index (Phi) is 5.65. The molecule has 0 aliphatic rings. The zero-order chi connectivity index (χ0) is 12.8. The molecule has 0 aliphatic heterocycles. The van der Waals surface area contributed by atoms with Gasteiger partial charge in [0.15, 0.2) is 0 Å². The van der Waals surface area contributed by atoms with Gasteiger partial charge in [0.05, 0.1) is 5.69 Å². The summed E-state index contributed by atoms with van der Waals surface area (Å²) in [4.78, 5) is 2.23. The summed E-state index contributed by atoms with van der Waals surface area (Å²) in [6.07, 6.45) is 2.49. The molecule has 0 unspecified atom stereocenters. The van der Waals surface area contributed by atoms with Crippen molar-refractivity contribution in [2.24, 2.45) is 7.05 Å². The Morgan fingerprint density at radius 3 is 2.47 bits per heavy atom. The van der Waals surface area contributed by atoms with Crippen molar-refractivity contribution in [3.8, 4) is 0 Å². The van der Waals surface area contributed by atoms with E-state index in [1.54, 1.807) is 0 Å². The zero-order valence-corrected chi connectivity index (χ0v) is 11.9. The van der Waals surface area contributed by atoms with Crippen molar-refractivity contribution >= 4 is 0 Å². The van der Waals surface area contributed by atoms with Crippen LogP contribution in [0.3, 0.4) is 0 Å². The molecule has 4 heteroatoms. The van der Waals surface area contributed by atoms with E-state index in [0.29, 0.717) is 0 Å². The van der Waals surface area contributed by atoms with E-state index in [2.05, 4.69) is 43.3 Å². The van der Waals surface area contributed by atoms with E-state index in [9.17, 15) is 0 Å². The molecule has 1 rings (SSSR count). The van der Waals surface area contributed by atoms with Crippen LogP contribution in [0.2, 0.25) is 0 Å². The van der Waals surface area contributed by atoms with Crippen LogP contribution in [0, 0.1) is 13.8 Å². The Balaban J connectivity index is 2.22. The largest absolute Gasteiger partial charge is 0.313 e. The standard InChI is InChI=1S/C13H26N4/c1-11-13(12(2)17(5)15-11)10-14-8-6-7-9-16(3)4/h14H,6-10H2,1-5H3. The number of hydrogen-bond acceptors (Lipinski definition) is 3. The molecule has 1 aromatic heterocycles. The van der Waals surface area contributed by atoms with Gasteiger partial charge in [-0.15, -0.1) is 0 Å². The average Bonchev–Trinajstić information content (AvgIpc) is 2.48. The minimum absolute atomic E-state index is 0.938. The Morgan fingerprint density at radius 1 is 1.24 bits per heavy atom. The van der Waals surface area contributed by atoms with Crippen molar-refractivity contribution in [1.29, 1.82) is 0 Å². The van der Waals surface area contributed by atoms with Gasteiger partial charge in [-0.05, 0) is 53.9 Å². The fourth-order valence-corrected chi connectivity index (χ4v) is 1.96. The summed E-state index contributed by atoms with van der Waals surface area (Å²) in [5.41, 5.74) is 3.76. The summed E-state index contributed by atoms with van der Waals surface area (Å²) in [7, 11) is 6.24. The van der Waals surface area contributed by atoms with Crippen molar-refractivity contribution in [1.82, 2.24) is 20.0 Å². The van der Waals surface area contributed by atoms with Crippen LogP contribution in [0.4, 0.5) is 0 Å². The van der Waals surface area contributed by atoms with Gasteiger partial charge in [0.1, 0.15) is 0 Å². The predicted octanol–water partition coefficient (Wildman–Crippen LogP) is 1.47. The monoisotopic (exact) mass is 238 g/mol. The lowest BCUT2D eigenvalue weighted by Crippen LogP contribution is -2.18. The van der Waals surface area contributed by atoms with Gasteiger partial charge in [0.2, 0.25) is 0 Å². The first-order valence-corrected chi connectivity index (χ1v) is 6.37. The van der Waals surface area contributed by atoms with Gasteiger partial charge >= 0.3 is 0 Å². The van der Waals surface area contributed by atoms with E-state index in [-0.39, 0.29) is 0 Å². The van der Waals surface area contributed by atoms with Gasteiger partial charge in [0.25, 0.3) is 0 Å². The van der Waals surface area contributed by atoms with Crippen LogP contribution in [-0.4, -0.2) is 41.9 Å². The number of nitrogens with one attached hydrogen (secondary N) is 1. The van der Waals surface area contributed by atoms with E-state index in [1.807, 2.05) is 11.7 Å². The van der Waals surface area contributed by atoms with E-state index in [1.165, 1.54) is 30.6 Å². The highest BCUT2D eigenvalue weighted by molar-refractivity contribution is 5.23. The second-order valence-electron chi connectivity index (χ2n) is 4.96. The molecule has 1 heterocycles. The second kappa shape index (κ2) is 6.77. The topological polar surface area (TPSA) is 33.1 Å². The highest BCUT2D eigenvalue weighted by Crippen LogP contribution is 2.10. The lowest BCUT2D eigenvalue weighted by atomic mass is 10.2. The summed E-state index contributed by atoms with van der Waals surface area (Å²) in [6.45, 7) is 7.40. The van der Waals surface area contributed by atoms with Crippen LogP contribution in [0.1, 0.15) is 29.8 Å². The van der Waals surface area contributed by atoms with E-state index in [4.69, 9.17) is 0 Å². The highest BCUT2D eigenvalue weighted by atomic mass is 15.3. The maximum atomic E-state index is 4.42. The third-order valence-electron chi connectivity index (χ3n) is 3.17. The van der Waals surface area contributed by atoms with Crippen LogP contribution in [-0.2, 0) is 13.6 Å². The molecule has 0 amide bonds.